The molecule has 0 aromatic carbocycles. The molecule has 0 rings (SSSR count). The molecular formula is C13H26O. The second-order valence-electron chi connectivity index (χ2n) is 3.68. The first-order chi connectivity index (χ1) is 6.85. The quantitative estimate of drug-likeness (QED) is 0.386. The smallest absolute Gasteiger partial charge is 0.0919 e. The zero-order valence-corrected chi connectivity index (χ0v) is 10.1. The molecule has 0 spiro atoms. The summed E-state index contributed by atoms with van der Waals surface area (Å²) < 4.78 is 5.55. The lowest BCUT2D eigenvalue weighted by Gasteiger charge is -2.08. The molecule has 0 N–H and O–H groups in total. The number of hydrogen-bond donors (Lipinski definition) is 0. The van der Waals surface area contributed by atoms with Gasteiger partial charge in [0.25, 0.3) is 0 Å². The molecule has 1 heteroatoms. The maximum atomic E-state index is 5.55. The van der Waals surface area contributed by atoms with E-state index in [0.717, 1.165) is 19.4 Å². The van der Waals surface area contributed by atoms with Crippen molar-refractivity contribution in [2.75, 3.05) is 6.61 Å². The molecule has 0 saturated carbocycles. The Morgan fingerprint density at radius 1 is 1.00 bits per heavy atom. The Bertz CT molecular complexity index is 138. The van der Waals surface area contributed by atoms with Gasteiger partial charge in [0, 0.05) is 6.42 Å². The first kappa shape index (κ1) is 13.5. The van der Waals surface area contributed by atoms with Crippen molar-refractivity contribution < 1.29 is 4.74 Å². The second-order valence-corrected chi connectivity index (χ2v) is 3.68. The topological polar surface area (TPSA) is 9.23 Å². The summed E-state index contributed by atoms with van der Waals surface area (Å²) in [4.78, 5) is 0. The first-order valence-electron chi connectivity index (χ1n) is 6.16. The van der Waals surface area contributed by atoms with Crippen LogP contribution >= 0.6 is 0 Å². The first-order valence-corrected chi connectivity index (χ1v) is 6.16. The standard InChI is InChI=1S/C13H26O/c1-4-7-8-9-10-12-13(11-5-2)14-6-3/h11H,4-10,12H2,1-3H3/b13-11-. The van der Waals surface area contributed by atoms with Gasteiger partial charge >= 0.3 is 0 Å². The Labute approximate surface area is 89.5 Å². The third kappa shape index (κ3) is 8.15. The van der Waals surface area contributed by atoms with Gasteiger partial charge in [-0.1, -0.05) is 39.5 Å². The number of unbranched alkanes of at least 4 members (excludes halogenated alkanes) is 4. The highest BCUT2D eigenvalue weighted by atomic mass is 16.5. The van der Waals surface area contributed by atoms with E-state index in [-0.39, 0.29) is 0 Å². The maximum Gasteiger partial charge on any atom is 0.0919 e. The van der Waals surface area contributed by atoms with Gasteiger partial charge in [-0.3, -0.25) is 0 Å². The Morgan fingerprint density at radius 2 is 1.71 bits per heavy atom. The minimum absolute atomic E-state index is 0.806. The van der Waals surface area contributed by atoms with E-state index in [1.807, 2.05) is 0 Å². The van der Waals surface area contributed by atoms with Crippen LogP contribution in [0.2, 0.25) is 0 Å². The molecule has 0 aromatic heterocycles. The van der Waals surface area contributed by atoms with Crippen LogP contribution in [0, 0.1) is 0 Å². The van der Waals surface area contributed by atoms with Crippen molar-refractivity contribution >= 4 is 0 Å². The maximum absolute atomic E-state index is 5.55. The van der Waals surface area contributed by atoms with Crippen molar-refractivity contribution in [2.45, 2.75) is 65.7 Å². The fourth-order valence-electron chi connectivity index (χ4n) is 1.55. The minimum atomic E-state index is 0.806. The van der Waals surface area contributed by atoms with Crippen LogP contribution in [0.5, 0.6) is 0 Å². The highest BCUT2D eigenvalue weighted by molar-refractivity contribution is 4.92. The third-order valence-electron chi connectivity index (χ3n) is 2.29. The highest BCUT2D eigenvalue weighted by Crippen LogP contribution is 2.12. The lowest BCUT2D eigenvalue weighted by molar-refractivity contribution is 0.215. The van der Waals surface area contributed by atoms with Gasteiger partial charge in [0.2, 0.25) is 0 Å². The van der Waals surface area contributed by atoms with Crippen molar-refractivity contribution in [3.05, 3.63) is 11.8 Å². The molecule has 0 amide bonds. The van der Waals surface area contributed by atoms with E-state index in [0.29, 0.717) is 0 Å². The van der Waals surface area contributed by atoms with Crippen LogP contribution in [0.4, 0.5) is 0 Å². The number of rotatable bonds is 9. The Morgan fingerprint density at radius 3 is 2.29 bits per heavy atom. The molecule has 0 saturated heterocycles. The molecule has 84 valence electrons. The van der Waals surface area contributed by atoms with E-state index in [1.54, 1.807) is 0 Å². The Kier molecular flexibility index (Phi) is 10.3. The molecule has 0 unspecified atom stereocenters. The molecule has 0 aliphatic heterocycles. The van der Waals surface area contributed by atoms with Crippen LogP contribution in [-0.4, -0.2) is 6.61 Å². The van der Waals surface area contributed by atoms with E-state index >= 15 is 0 Å². The van der Waals surface area contributed by atoms with Crippen LogP contribution in [0.3, 0.4) is 0 Å². The zero-order valence-electron chi connectivity index (χ0n) is 10.1. The van der Waals surface area contributed by atoms with Gasteiger partial charge in [-0.2, -0.15) is 0 Å². The minimum Gasteiger partial charge on any atom is -0.499 e. The molecule has 14 heavy (non-hydrogen) atoms. The van der Waals surface area contributed by atoms with Crippen molar-refractivity contribution in [2.24, 2.45) is 0 Å². The molecule has 0 atom stereocenters. The summed E-state index contributed by atoms with van der Waals surface area (Å²) in [7, 11) is 0. The summed E-state index contributed by atoms with van der Waals surface area (Å²) in [6.45, 7) is 7.28. The number of hydrogen-bond acceptors (Lipinski definition) is 1. The Hall–Kier alpha value is -0.460. The Balaban J connectivity index is 3.46. The normalized spacial score (nSPS) is 11.8. The molecule has 0 fully saturated rings. The van der Waals surface area contributed by atoms with Crippen LogP contribution in [0.1, 0.15) is 65.7 Å². The summed E-state index contributed by atoms with van der Waals surface area (Å²) in [5, 5.41) is 0. The fraction of sp³-hybridized carbons (Fsp3) is 0.846. The summed E-state index contributed by atoms with van der Waals surface area (Å²) in [6, 6.07) is 0. The molecule has 0 heterocycles. The molecule has 0 aromatic rings. The van der Waals surface area contributed by atoms with E-state index in [4.69, 9.17) is 4.74 Å². The van der Waals surface area contributed by atoms with Crippen LogP contribution in [0.15, 0.2) is 11.8 Å². The molecular weight excluding hydrogens is 172 g/mol. The van der Waals surface area contributed by atoms with E-state index in [1.165, 1.54) is 37.9 Å². The van der Waals surface area contributed by atoms with Crippen LogP contribution < -0.4 is 0 Å². The van der Waals surface area contributed by atoms with Crippen LogP contribution in [0.25, 0.3) is 0 Å². The van der Waals surface area contributed by atoms with Gasteiger partial charge in [-0.15, -0.1) is 0 Å². The van der Waals surface area contributed by atoms with E-state index in [9.17, 15) is 0 Å². The van der Waals surface area contributed by atoms with Gasteiger partial charge in [-0.25, -0.2) is 0 Å². The summed E-state index contributed by atoms with van der Waals surface area (Å²) >= 11 is 0. The van der Waals surface area contributed by atoms with Crippen molar-refractivity contribution in [3.8, 4) is 0 Å². The van der Waals surface area contributed by atoms with E-state index in [2.05, 4.69) is 26.8 Å². The van der Waals surface area contributed by atoms with Gasteiger partial charge in [-0.05, 0) is 25.8 Å². The fourth-order valence-corrected chi connectivity index (χ4v) is 1.55. The molecule has 0 radical (unpaired) electrons. The second kappa shape index (κ2) is 10.6. The van der Waals surface area contributed by atoms with Gasteiger partial charge in [0.15, 0.2) is 0 Å². The van der Waals surface area contributed by atoms with Gasteiger partial charge < -0.3 is 4.74 Å². The largest absolute Gasteiger partial charge is 0.499 e. The van der Waals surface area contributed by atoms with Gasteiger partial charge in [0.05, 0.1) is 12.4 Å². The number of ether oxygens (including phenoxy) is 1. The predicted octanol–water partition coefficient (Wildman–Crippen LogP) is 4.68. The summed E-state index contributed by atoms with van der Waals surface area (Å²) in [6.07, 6.45) is 11.1. The zero-order chi connectivity index (χ0) is 10.6. The molecule has 0 bridgehead atoms. The SMILES string of the molecule is CC/C=C(/CCCCCCC)OCC. The number of allylic oxidation sites excluding steroid dienone is 2. The third-order valence-corrected chi connectivity index (χ3v) is 2.29. The lowest BCUT2D eigenvalue weighted by atomic mass is 10.1. The van der Waals surface area contributed by atoms with Crippen molar-refractivity contribution in [1.29, 1.82) is 0 Å². The predicted molar refractivity (Wildman–Crippen MR) is 63.4 cm³/mol. The summed E-state index contributed by atoms with van der Waals surface area (Å²) in [5.74, 6) is 1.20. The van der Waals surface area contributed by atoms with Gasteiger partial charge in [0.1, 0.15) is 0 Å². The monoisotopic (exact) mass is 198 g/mol. The van der Waals surface area contributed by atoms with Crippen molar-refractivity contribution in [1.82, 2.24) is 0 Å². The summed E-state index contributed by atoms with van der Waals surface area (Å²) in [5.41, 5.74) is 0. The average Bonchev–Trinajstić information content (AvgIpc) is 2.18. The highest BCUT2D eigenvalue weighted by Gasteiger charge is 1.96. The van der Waals surface area contributed by atoms with Crippen molar-refractivity contribution in [3.63, 3.8) is 0 Å². The van der Waals surface area contributed by atoms with E-state index < -0.39 is 0 Å². The van der Waals surface area contributed by atoms with Crippen LogP contribution in [-0.2, 0) is 4.74 Å². The average molecular weight is 198 g/mol. The lowest BCUT2D eigenvalue weighted by Crippen LogP contribution is -1.92. The molecule has 0 aliphatic carbocycles. The molecule has 0 aliphatic rings. The molecule has 1 nitrogen and oxygen atoms in total.